The Balaban J connectivity index is 0.000000640. The van der Waals surface area contributed by atoms with Crippen molar-refractivity contribution in [2.75, 3.05) is 0 Å². The maximum absolute atomic E-state index is 5.59. The van der Waals surface area contributed by atoms with Crippen LogP contribution in [0.15, 0.2) is 28.7 Å². The van der Waals surface area contributed by atoms with E-state index in [1.807, 2.05) is 24.3 Å². The molecule has 1 rings (SSSR count). The number of rotatable bonds is 0. The molecule has 0 unspecified atom stereocenters. The van der Waals surface area contributed by atoms with E-state index in [4.69, 9.17) is 11.6 Å². The molecular weight excluding hydrogens is 212 g/mol. The van der Waals surface area contributed by atoms with Gasteiger partial charge in [-0.15, -0.1) is 0 Å². The van der Waals surface area contributed by atoms with Crippen molar-refractivity contribution in [3.63, 3.8) is 0 Å². The van der Waals surface area contributed by atoms with Gasteiger partial charge in [0, 0.05) is 32.5 Å². The lowest BCUT2D eigenvalue weighted by molar-refractivity contribution is 1.65. The lowest BCUT2D eigenvalue weighted by atomic mass is 10.4. The summed E-state index contributed by atoms with van der Waals surface area (Å²) < 4.78 is 1.06. The maximum atomic E-state index is 5.59. The summed E-state index contributed by atoms with van der Waals surface area (Å²) in [5, 5.41) is 0.771. The van der Waals surface area contributed by atoms with Gasteiger partial charge < -0.3 is 0 Å². The molecule has 0 amide bonds. The molecule has 0 heterocycles. The third kappa shape index (κ3) is 3.45. The molecule has 0 atom stereocenters. The first kappa shape index (κ1) is 9.76. The predicted octanol–water partition coefficient (Wildman–Crippen LogP) is 2.72. The van der Waals surface area contributed by atoms with Crippen LogP contribution in [0.4, 0.5) is 0 Å². The predicted molar refractivity (Wildman–Crippen MR) is 44.9 cm³/mol. The molecule has 0 fully saturated rings. The molecule has 2 radical (unpaired) electrons. The third-order valence-electron chi connectivity index (χ3n) is 0.804. The standard InChI is InChI=1S/C6H4BrCl.Mg/c7-5-1-3-6(8)4-2-5;/h1-4H;. The molecule has 0 aliphatic carbocycles. The second-order valence-corrected chi connectivity index (χ2v) is 2.79. The van der Waals surface area contributed by atoms with Crippen LogP contribution in [0.1, 0.15) is 0 Å². The zero-order chi connectivity index (χ0) is 5.98. The van der Waals surface area contributed by atoms with Crippen LogP contribution in [0.2, 0.25) is 5.02 Å². The Kier molecular flexibility index (Phi) is 4.94. The van der Waals surface area contributed by atoms with Gasteiger partial charge in [0.05, 0.1) is 0 Å². The molecule has 0 bridgehead atoms. The van der Waals surface area contributed by atoms with E-state index < -0.39 is 0 Å². The van der Waals surface area contributed by atoms with E-state index in [2.05, 4.69) is 15.9 Å². The second kappa shape index (κ2) is 4.55. The molecule has 0 N–H and O–H groups in total. The molecule has 0 aromatic heterocycles. The molecule has 9 heavy (non-hydrogen) atoms. The summed E-state index contributed by atoms with van der Waals surface area (Å²) >= 11 is 8.88. The second-order valence-electron chi connectivity index (χ2n) is 1.44. The minimum Gasteiger partial charge on any atom is -0.0843 e. The summed E-state index contributed by atoms with van der Waals surface area (Å²) in [6, 6.07) is 7.49. The Hall–Kier alpha value is 0.756. The van der Waals surface area contributed by atoms with E-state index in [1.165, 1.54) is 0 Å². The lowest BCUT2D eigenvalue weighted by Crippen LogP contribution is -1.61. The zero-order valence-corrected chi connectivity index (χ0v) is 8.53. The van der Waals surface area contributed by atoms with E-state index in [0.29, 0.717) is 0 Å². The summed E-state index contributed by atoms with van der Waals surface area (Å²) in [6.45, 7) is 0. The molecule has 1 aromatic carbocycles. The molecule has 1 aromatic rings. The molecule has 0 aliphatic heterocycles. The van der Waals surface area contributed by atoms with Crippen molar-refractivity contribution in [2.45, 2.75) is 0 Å². The van der Waals surface area contributed by atoms with Crippen molar-refractivity contribution in [3.05, 3.63) is 33.8 Å². The van der Waals surface area contributed by atoms with Gasteiger partial charge in [-0.05, 0) is 24.3 Å². The molecule has 0 saturated carbocycles. The van der Waals surface area contributed by atoms with Crippen molar-refractivity contribution in [1.29, 1.82) is 0 Å². The first-order valence-electron chi connectivity index (χ1n) is 2.20. The van der Waals surface area contributed by atoms with Gasteiger partial charge in [0.15, 0.2) is 0 Å². The normalized spacial score (nSPS) is 8.22. The van der Waals surface area contributed by atoms with Gasteiger partial charge in [0.2, 0.25) is 0 Å². The highest BCUT2D eigenvalue weighted by molar-refractivity contribution is 9.10. The first-order valence-corrected chi connectivity index (χ1v) is 3.37. The minimum atomic E-state index is 0. The van der Waals surface area contributed by atoms with Gasteiger partial charge >= 0.3 is 0 Å². The number of benzene rings is 1. The highest BCUT2D eigenvalue weighted by Crippen LogP contribution is 2.13. The highest BCUT2D eigenvalue weighted by Gasteiger charge is 1.83. The molecule has 0 spiro atoms. The fourth-order valence-corrected chi connectivity index (χ4v) is 0.820. The van der Waals surface area contributed by atoms with Crippen LogP contribution in [0.3, 0.4) is 0 Å². The van der Waals surface area contributed by atoms with E-state index in [1.54, 1.807) is 0 Å². The summed E-state index contributed by atoms with van der Waals surface area (Å²) in [6.07, 6.45) is 0. The van der Waals surface area contributed by atoms with Crippen molar-refractivity contribution in [3.8, 4) is 0 Å². The summed E-state index contributed by atoms with van der Waals surface area (Å²) in [7, 11) is 0. The van der Waals surface area contributed by atoms with Gasteiger partial charge in [-0.25, -0.2) is 0 Å². The Morgan fingerprint density at radius 3 is 1.89 bits per heavy atom. The number of halogens is 2. The zero-order valence-electron chi connectivity index (χ0n) is 4.77. The average Bonchev–Trinajstić information content (AvgIpc) is 1.77. The van der Waals surface area contributed by atoms with Crippen LogP contribution in [0.5, 0.6) is 0 Å². The Morgan fingerprint density at radius 1 is 1.11 bits per heavy atom. The van der Waals surface area contributed by atoms with E-state index >= 15 is 0 Å². The van der Waals surface area contributed by atoms with Crippen LogP contribution < -0.4 is 0 Å². The van der Waals surface area contributed by atoms with Gasteiger partial charge in [-0.3, -0.25) is 0 Å². The van der Waals surface area contributed by atoms with Crippen molar-refractivity contribution in [1.82, 2.24) is 0 Å². The third-order valence-corrected chi connectivity index (χ3v) is 1.58. The van der Waals surface area contributed by atoms with Crippen molar-refractivity contribution in [2.24, 2.45) is 0 Å². The molecule has 0 saturated heterocycles. The average molecular weight is 216 g/mol. The van der Waals surface area contributed by atoms with Crippen molar-refractivity contribution < 1.29 is 0 Å². The quantitative estimate of drug-likeness (QED) is 0.584. The monoisotopic (exact) mass is 214 g/mol. The van der Waals surface area contributed by atoms with Gasteiger partial charge in [-0.2, -0.15) is 0 Å². The smallest absolute Gasteiger partial charge is 0.0406 e. The molecule has 44 valence electrons. The number of hydrogen-bond donors (Lipinski definition) is 0. The fraction of sp³-hybridized carbons (Fsp3) is 0. The minimum absolute atomic E-state index is 0. The van der Waals surface area contributed by atoms with Gasteiger partial charge in [0.25, 0.3) is 0 Å². The Labute approximate surface area is 83.9 Å². The molecule has 0 nitrogen and oxygen atoms in total. The first-order chi connectivity index (χ1) is 3.79. The van der Waals surface area contributed by atoms with Gasteiger partial charge in [-0.1, -0.05) is 27.5 Å². The molecule has 0 aliphatic rings. The van der Waals surface area contributed by atoms with Crippen LogP contribution in [0, 0.1) is 0 Å². The van der Waals surface area contributed by atoms with E-state index in [9.17, 15) is 0 Å². The lowest BCUT2D eigenvalue weighted by Gasteiger charge is -1.86. The van der Waals surface area contributed by atoms with Crippen molar-refractivity contribution >= 4 is 50.6 Å². The van der Waals surface area contributed by atoms with Crippen LogP contribution in [-0.4, -0.2) is 23.1 Å². The maximum Gasteiger partial charge on any atom is 0.0406 e. The molecular formula is C6H4BrClMg. The Bertz CT molecular complexity index is 152. The van der Waals surface area contributed by atoms with E-state index in [-0.39, 0.29) is 23.1 Å². The largest absolute Gasteiger partial charge is 0.0843 e. The van der Waals surface area contributed by atoms with Crippen LogP contribution in [0.25, 0.3) is 0 Å². The Morgan fingerprint density at radius 2 is 1.56 bits per heavy atom. The van der Waals surface area contributed by atoms with Crippen LogP contribution in [-0.2, 0) is 0 Å². The van der Waals surface area contributed by atoms with Gasteiger partial charge in [0.1, 0.15) is 0 Å². The molecule has 3 heteroatoms. The van der Waals surface area contributed by atoms with E-state index in [0.717, 1.165) is 9.50 Å². The highest BCUT2D eigenvalue weighted by atomic mass is 79.9. The number of hydrogen-bond acceptors (Lipinski definition) is 0. The SMILES string of the molecule is Clc1ccc(Br)cc1.[Mg]. The summed E-state index contributed by atoms with van der Waals surface area (Å²) in [5.41, 5.74) is 0. The summed E-state index contributed by atoms with van der Waals surface area (Å²) in [4.78, 5) is 0. The van der Waals surface area contributed by atoms with Crippen LogP contribution >= 0.6 is 27.5 Å². The topological polar surface area (TPSA) is 0 Å². The fourth-order valence-electron chi connectivity index (χ4n) is 0.430. The summed E-state index contributed by atoms with van der Waals surface area (Å²) in [5.74, 6) is 0.